The Kier molecular flexibility index (Phi) is 6.58. The predicted molar refractivity (Wildman–Crippen MR) is 132 cm³/mol. The van der Waals surface area contributed by atoms with Crippen LogP contribution in [0.1, 0.15) is 64.4 Å². The molecule has 3 N–H and O–H groups in total. The van der Waals surface area contributed by atoms with E-state index in [0.717, 1.165) is 44.9 Å². The van der Waals surface area contributed by atoms with Crippen LogP contribution in [0, 0.1) is 22.2 Å². The molecule has 0 aromatic heterocycles. The van der Waals surface area contributed by atoms with Crippen molar-refractivity contribution in [2.24, 2.45) is 16.6 Å². The van der Waals surface area contributed by atoms with Gasteiger partial charge in [0.05, 0.1) is 16.9 Å². The molecule has 0 bridgehead atoms. The number of aliphatic hydroxyl groups is 1. The molecule has 7 heteroatoms. The van der Waals surface area contributed by atoms with Gasteiger partial charge in [-0.2, -0.15) is 5.26 Å². The molecule has 1 aromatic carbocycles. The average molecular weight is 468 g/mol. The number of carbonyl (C=O) groups excluding carboxylic acids is 1. The topological polar surface area (TPSA) is 96.8 Å². The number of hydrogen-bond acceptors (Lipinski definition) is 6. The first-order valence-electron chi connectivity index (χ1n) is 12.6. The van der Waals surface area contributed by atoms with Gasteiger partial charge in [0.25, 0.3) is 0 Å². The van der Waals surface area contributed by atoms with Gasteiger partial charge in [0.15, 0.2) is 6.35 Å². The quantitative estimate of drug-likeness (QED) is 0.640. The van der Waals surface area contributed by atoms with Crippen LogP contribution in [0.5, 0.6) is 0 Å². The maximum Gasteiger partial charge on any atom is 0.224 e. The van der Waals surface area contributed by atoms with Crippen molar-refractivity contribution in [2.75, 3.05) is 33.7 Å². The number of benzene rings is 1. The molecule has 3 fully saturated rings. The second kappa shape index (κ2) is 8.91. The van der Waals surface area contributed by atoms with Crippen LogP contribution in [-0.2, 0) is 10.3 Å². The summed E-state index contributed by atoms with van der Waals surface area (Å²) in [6, 6.07) is 13.3. The number of amides is 1. The molecular formula is C27H41N5O2. The first-order valence-corrected chi connectivity index (χ1v) is 12.6. The Morgan fingerprint density at radius 1 is 1.18 bits per heavy atom. The second-order valence-electron chi connectivity index (χ2n) is 11.9. The molecule has 1 unspecified atom stereocenters. The van der Waals surface area contributed by atoms with Crippen molar-refractivity contribution in [3.63, 3.8) is 0 Å². The van der Waals surface area contributed by atoms with Gasteiger partial charge in [-0.1, -0.05) is 36.8 Å². The predicted octanol–water partition coefficient (Wildman–Crippen LogP) is 2.86. The molecule has 1 atom stereocenters. The summed E-state index contributed by atoms with van der Waals surface area (Å²) in [4.78, 5) is 18.6. The smallest absolute Gasteiger partial charge is 0.224 e. The Hall–Kier alpha value is -1.98. The number of nitrogens with two attached hydrogens (primary N) is 1. The van der Waals surface area contributed by atoms with Crippen molar-refractivity contribution in [1.82, 2.24) is 14.7 Å². The number of nitriles is 1. The van der Waals surface area contributed by atoms with E-state index in [0.29, 0.717) is 19.6 Å². The lowest BCUT2D eigenvalue weighted by molar-refractivity contribution is -0.133. The van der Waals surface area contributed by atoms with Gasteiger partial charge >= 0.3 is 0 Å². The summed E-state index contributed by atoms with van der Waals surface area (Å²) in [6.45, 7) is 5.35. The maximum absolute atomic E-state index is 12.1. The first kappa shape index (κ1) is 25.1. The Morgan fingerprint density at radius 2 is 1.79 bits per heavy atom. The monoisotopic (exact) mass is 467 g/mol. The number of primary amides is 1. The molecule has 7 nitrogen and oxygen atoms in total. The summed E-state index contributed by atoms with van der Waals surface area (Å²) in [5, 5.41) is 21.5. The average Bonchev–Trinajstić information content (AvgIpc) is 3.01. The lowest BCUT2D eigenvalue weighted by Gasteiger charge is -2.53. The van der Waals surface area contributed by atoms with Crippen LogP contribution in [0.2, 0.25) is 0 Å². The van der Waals surface area contributed by atoms with Crippen molar-refractivity contribution in [2.45, 2.75) is 76.2 Å². The number of rotatable bonds is 7. The van der Waals surface area contributed by atoms with Gasteiger partial charge in [0.2, 0.25) is 5.91 Å². The summed E-state index contributed by atoms with van der Waals surface area (Å²) in [5.74, 6) is -0.362. The minimum atomic E-state index is -0.812. The first-order chi connectivity index (χ1) is 16.0. The van der Waals surface area contributed by atoms with Gasteiger partial charge < -0.3 is 10.8 Å². The van der Waals surface area contributed by atoms with Gasteiger partial charge in [-0.25, -0.2) is 0 Å². The molecule has 1 spiro atoms. The van der Waals surface area contributed by atoms with E-state index in [1.54, 1.807) is 0 Å². The number of nitrogens with zero attached hydrogens (tertiary/aromatic N) is 4. The van der Waals surface area contributed by atoms with Crippen LogP contribution in [0.3, 0.4) is 0 Å². The van der Waals surface area contributed by atoms with E-state index >= 15 is 0 Å². The molecule has 34 heavy (non-hydrogen) atoms. The second-order valence-corrected chi connectivity index (χ2v) is 11.9. The fraction of sp³-hybridized carbons (Fsp3) is 0.704. The Bertz CT molecular complexity index is 926. The van der Waals surface area contributed by atoms with Crippen LogP contribution in [-0.4, -0.2) is 71.3 Å². The largest absolute Gasteiger partial charge is 0.369 e. The van der Waals surface area contributed by atoms with Crippen LogP contribution in [0.4, 0.5) is 0 Å². The Labute approximate surface area is 204 Å². The zero-order chi connectivity index (χ0) is 24.8. The molecule has 0 radical (unpaired) electrons. The van der Waals surface area contributed by atoms with Gasteiger partial charge in [-0.3, -0.25) is 19.5 Å². The fourth-order valence-electron chi connectivity index (χ4n) is 6.52. The third-order valence-corrected chi connectivity index (χ3v) is 9.17. The van der Waals surface area contributed by atoms with Crippen molar-refractivity contribution >= 4 is 5.91 Å². The van der Waals surface area contributed by atoms with Gasteiger partial charge in [0.1, 0.15) is 0 Å². The van der Waals surface area contributed by atoms with Crippen LogP contribution < -0.4 is 5.73 Å². The highest BCUT2D eigenvalue weighted by molar-refractivity contribution is 5.80. The molecule has 1 saturated heterocycles. The van der Waals surface area contributed by atoms with E-state index in [4.69, 9.17) is 5.73 Å². The van der Waals surface area contributed by atoms with Gasteiger partial charge in [-0.05, 0) is 72.0 Å². The van der Waals surface area contributed by atoms with E-state index in [1.165, 1.54) is 5.56 Å². The number of carbonyl (C=O) groups is 1. The molecule has 1 aliphatic heterocycles. The van der Waals surface area contributed by atoms with E-state index in [-0.39, 0.29) is 22.4 Å². The highest BCUT2D eigenvalue weighted by atomic mass is 16.3. The van der Waals surface area contributed by atoms with E-state index in [1.807, 2.05) is 18.7 Å². The van der Waals surface area contributed by atoms with Crippen LogP contribution in [0.25, 0.3) is 0 Å². The van der Waals surface area contributed by atoms with Crippen LogP contribution in [0.15, 0.2) is 30.3 Å². The van der Waals surface area contributed by atoms with Crippen molar-refractivity contribution in [3.8, 4) is 6.07 Å². The highest BCUT2D eigenvalue weighted by Gasteiger charge is 2.57. The molecule has 1 aromatic rings. The van der Waals surface area contributed by atoms with E-state index in [2.05, 4.69) is 60.3 Å². The lowest BCUT2D eigenvalue weighted by atomic mass is 9.66. The molecule has 4 rings (SSSR count). The minimum Gasteiger partial charge on any atom is -0.369 e. The van der Waals surface area contributed by atoms with E-state index in [9.17, 15) is 15.2 Å². The van der Waals surface area contributed by atoms with Gasteiger partial charge in [-0.15, -0.1) is 0 Å². The summed E-state index contributed by atoms with van der Waals surface area (Å²) < 4.78 is 0. The molecule has 3 aliphatic rings. The van der Waals surface area contributed by atoms with Crippen LogP contribution >= 0.6 is 0 Å². The Balaban J connectivity index is 1.63. The normalized spacial score (nSPS) is 32.0. The minimum absolute atomic E-state index is 0.0492. The van der Waals surface area contributed by atoms with Crippen molar-refractivity contribution in [3.05, 3.63) is 35.9 Å². The maximum atomic E-state index is 12.1. The standard InChI is InChI=1S/C27H41N5O2/c1-24(2,22(29)33)18-31-20-26(32(23(31)34)19-25(17-28)11-8-12-25)13-15-27(16-14-26,30(3)4)21-9-6-5-7-10-21/h5-7,9-10,23,34H,8,11-16,18-20H2,1-4H3,(H2,29,33)/t23?,26-,27+. The Morgan fingerprint density at radius 3 is 2.26 bits per heavy atom. The third-order valence-electron chi connectivity index (χ3n) is 9.17. The zero-order valence-corrected chi connectivity index (χ0v) is 21.3. The van der Waals surface area contributed by atoms with Crippen molar-refractivity contribution in [1.29, 1.82) is 5.26 Å². The summed E-state index contributed by atoms with van der Waals surface area (Å²) in [6.07, 6.45) is 5.83. The SMILES string of the molecule is CN(C)[C@]1(c2ccccc2)CC[C@]2(CC1)CN(CC(C)(C)C(N)=O)C(O)N2CC1(C#N)CCC1. The van der Waals surface area contributed by atoms with Crippen molar-refractivity contribution < 1.29 is 9.90 Å². The summed E-state index contributed by atoms with van der Waals surface area (Å²) in [5.41, 5.74) is 5.62. The summed E-state index contributed by atoms with van der Waals surface area (Å²) >= 11 is 0. The zero-order valence-electron chi connectivity index (χ0n) is 21.3. The van der Waals surface area contributed by atoms with Gasteiger partial charge in [0, 0.05) is 30.7 Å². The molecule has 1 amide bonds. The molecule has 2 saturated carbocycles. The molecular weight excluding hydrogens is 426 g/mol. The highest BCUT2D eigenvalue weighted by Crippen LogP contribution is 2.52. The fourth-order valence-corrected chi connectivity index (χ4v) is 6.52. The number of hydrogen-bond donors (Lipinski definition) is 2. The summed E-state index contributed by atoms with van der Waals surface area (Å²) in [7, 11) is 4.32. The molecule has 2 aliphatic carbocycles. The molecule has 1 heterocycles. The molecule has 186 valence electrons. The third kappa shape index (κ3) is 4.15. The number of aliphatic hydroxyl groups excluding tert-OH is 1. The van der Waals surface area contributed by atoms with E-state index < -0.39 is 11.8 Å². The lowest BCUT2D eigenvalue weighted by Crippen LogP contribution is -2.58.